The average molecular weight is 348 g/mol. The van der Waals surface area contributed by atoms with Gasteiger partial charge >= 0.3 is 0 Å². The molecule has 2 amide bonds. The molecule has 2 aliphatic heterocycles. The van der Waals surface area contributed by atoms with Gasteiger partial charge in [0.15, 0.2) is 5.69 Å². The standard InChI is InChI=1S/C17H28N6O2/c1-18-15(24)8-11-4-5-12(23(11)3)9-19-17(25)16-13-10-22(2)7-6-14(13)20-21-16/h11-12H,4-10H2,1-3H3,(H,18,24)(H,19,25)(H,20,21)/t11-,12+/m1/s1. The van der Waals surface area contributed by atoms with E-state index >= 15 is 0 Å². The average Bonchev–Trinajstić information content (AvgIpc) is 3.16. The van der Waals surface area contributed by atoms with Crippen molar-refractivity contribution in [3.63, 3.8) is 0 Å². The largest absolute Gasteiger partial charge is 0.359 e. The molecular formula is C17H28N6O2. The van der Waals surface area contributed by atoms with E-state index < -0.39 is 0 Å². The van der Waals surface area contributed by atoms with Crippen molar-refractivity contribution in [2.24, 2.45) is 0 Å². The van der Waals surface area contributed by atoms with Gasteiger partial charge in [0.05, 0.1) is 0 Å². The zero-order chi connectivity index (χ0) is 18.0. The maximum atomic E-state index is 12.6. The number of H-pyrrole nitrogens is 1. The number of hydrogen-bond donors (Lipinski definition) is 3. The van der Waals surface area contributed by atoms with Crippen molar-refractivity contribution < 1.29 is 9.59 Å². The molecule has 0 aliphatic carbocycles. The lowest BCUT2D eigenvalue weighted by molar-refractivity contribution is -0.121. The van der Waals surface area contributed by atoms with Gasteiger partial charge < -0.3 is 15.5 Å². The van der Waals surface area contributed by atoms with Crippen LogP contribution in [-0.2, 0) is 17.8 Å². The highest BCUT2D eigenvalue weighted by molar-refractivity contribution is 5.94. The number of likely N-dealkylation sites (N-methyl/N-ethyl adjacent to an activating group) is 2. The summed E-state index contributed by atoms with van der Waals surface area (Å²) in [6.45, 7) is 2.32. The fourth-order valence-electron chi connectivity index (χ4n) is 3.81. The number of likely N-dealkylation sites (tertiary alicyclic amines) is 1. The predicted molar refractivity (Wildman–Crippen MR) is 94.2 cm³/mol. The molecule has 2 aliphatic rings. The molecule has 0 saturated carbocycles. The second-order valence-electron chi connectivity index (χ2n) is 7.15. The normalized spacial score (nSPS) is 24.1. The molecule has 0 bridgehead atoms. The van der Waals surface area contributed by atoms with Crippen LogP contribution < -0.4 is 10.6 Å². The van der Waals surface area contributed by atoms with Crippen LogP contribution in [0, 0.1) is 0 Å². The van der Waals surface area contributed by atoms with Gasteiger partial charge in [-0.3, -0.25) is 19.6 Å². The van der Waals surface area contributed by atoms with Crippen molar-refractivity contribution in [2.45, 2.75) is 44.3 Å². The molecule has 1 fully saturated rings. The van der Waals surface area contributed by atoms with Gasteiger partial charge in [0.2, 0.25) is 5.91 Å². The molecule has 25 heavy (non-hydrogen) atoms. The number of aromatic nitrogens is 2. The van der Waals surface area contributed by atoms with Crippen molar-refractivity contribution in [1.82, 2.24) is 30.6 Å². The molecule has 1 aromatic heterocycles. The number of amides is 2. The summed E-state index contributed by atoms with van der Waals surface area (Å²) < 4.78 is 0. The second kappa shape index (κ2) is 7.53. The number of nitrogens with zero attached hydrogens (tertiary/aromatic N) is 3. The molecule has 0 aromatic carbocycles. The molecule has 0 radical (unpaired) electrons. The summed E-state index contributed by atoms with van der Waals surface area (Å²) >= 11 is 0. The van der Waals surface area contributed by atoms with Crippen LogP contribution in [-0.4, -0.2) is 78.1 Å². The van der Waals surface area contributed by atoms with Crippen LogP contribution in [0.5, 0.6) is 0 Å². The minimum absolute atomic E-state index is 0.0637. The first kappa shape index (κ1) is 17.9. The van der Waals surface area contributed by atoms with E-state index in [1.807, 2.05) is 7.05 Å². The molecule has 0 unspecified atom stereocenters. The van der Waals surface area contributed by atoms with Crippen molar-refractivity contribution in [3.05, 3.63) is 17.0 Å². The van der Waals surface area contributed by atoms with E-state index in [-0.39, 0.29) is 23.9 Å². The quantitative estimate of drug-likeness (QED) is 0.681. The number of nitrogens with one attached hydrogen (secondary N) is 3. The van der Waals surface area contributed by atoms with Gasteiger partial charge in [-0.2, -0.15) is 5.10 Å². The molecule has 8 heteroatoms. The fourth-order valence-corrected chi connectivity index (χ4v) is 3.81. The van der Waals surface area contributed by atoms with Crippen LogP contribution in [0.3, 0.4) is 0 Å². The molecule has 1 saturated heterocycles. The Morgan fingerprint density at radius 1 is 1.28 bits per heavy atom. The van der Waals surface area contributed by atoms with Gasteiger partial charge in [-0.05, 0) is 26.9 Å². The third-order valence-electron chi connectivity index (χ3n) is 5.52. The third kappa shape index (κ3) is 3.85. The van der Waals surface area contributed by atoms with Crippen molar-refractivity contribution in [1.29, 1.82) is 0 Å². The van der Waals surface area contributed by atoms with Gasteiger partial charge in [-0.1, -0.05) is 0 Å². The minimum Gasteiger partial charge on any atom is -0.359 e. The number of fused-ring (bicyclic) bond motifs is 1. The van der Waals surface area contributed by atoms with E-state index in [2.05, 4.69) is 37.7 Å². The minimum atomic E-state index is -0.115. The third-order valence-corrected chi connectivity index (χ3v) is 5.52. The van der Waals surface area contributed by atoms with Crippen molar-refractivity contribution >= 4 is 11.8 Å². The van der Waals surface area contributed by atoms with E-state index in [1.54, 1.807) is 7.05 Å². The highest BCUT2D eigenvalue weighted by atomic mass is 16.2. The summed E-state index contributed by atoms with van der Waals surface area (Å²) in [5, 5.41) is 12.9. The Morgan fingerprint density at radius 2 is 2.04 bits per heavy atom. The van der Waals surface area contributed by atoms with E-state index in [9.17, 15) is 9.59 Å². The highest BCUT2D eigenvalue weighted by Gasteiger charge is 2.32. The maximum Gasteiger partial charge on any atom is 0.272 e. The molecule has 3 rings (SSSR count). The van der Waals surface area contributed by atoms with Crippen LogP contribution >= 0.6 is 0 Å². The lowest BCUT2D eigenvalue weighted by Crippen LogP contribution is -2.42. The molecule has 3 heterocycles. The Kier molecular flexibility index (Phi) is 5.39. The summed E-state index contributed by atoms with van der Waals surface area (Å²) in [7, 11) is 5.75. The summed E-state index contributed by atoms with van der Waals surface area (Å²) in [5.74, 6) is -0.0512. The highest BCUT2D eigenvalue weighted by Crippen LogP contribution is 2.24. The first-order chi connectivity index (χ1) is 12.0. The molecule has 3 N–H and O–H groups in total. The number of aromatic amines is 1. The first-order valence-corrected chi connectivity index (χ1v) is 8.95. The number of carbonyl (C=O) groups excluding carboxylic acids is 2. The van der Waals surface area contributed by atoms with Gasteiger partial charge in [0.25, 0.3) is 5.91 Å². The SMILES string of the molecule is CNC(=O)C[C@H]1CC[C@@H](CNC(=O)c2n[nH]c3c2CN(C)CC3)N1C. The maximum absolute atomic E-state index is 12.6. The zero-order valence-corrected chi connectivity index (χ0v) is 15.3. The Hall–Kier alpha value is -1.93. The van der Waals surface area contributed by atoms with Crippen molar-refractivity contribution in [2.75, 3.05) is 34.2 Å². The number of rotatable bonds is 5. The number of carbonyl (C=O) groups is 2. The number of hydrogen-bond acceptors (Lipinski definition) is 5. The first-order valence-electron chi connectivity index (χ1n) is 8.95. The Labute approximate surface area is 148 Å². The molecular weight excluding hydrogens is 320 g/mol. The van der Waals surface area contributed by atoms with Gasteiger partial charge in [-0.25, -0.2) is 0 Å². The van der Waals surface area contributed by atoms with Crippen molar-refractivity contribution in [3.8, 4) is 0 Å². The topological polar surface area (TPSA) is 93.4 Å². The molecule has 1 aromatic rings. The predicted octanol–water partition coefficient (Wildman–Crippen LogP) is -0.274. The summed E-state index contributed by atoms with van der Waals surface area (Å²) in [5.41, 5.74) is 2.61. The van der Waals surface area contributed by atoms with Gasteiger partial charge in [-0.15, -0.1) is 0 Å². The summed E-state index contributed by atoms with van der Waals surface area (Å²) in [6.07, 6.45) is 3.38. The van der Waals surface area contributed by atoms with Gasteiger partial charge in [0, 0.05) is 62.9 Å². The van der Waals surface area contributed by atoms with Crippen LogP contribution in [0.25, 0.3) is 0 Å². The van der Waals surface area contributed by atoms with Gasteiger partial charge in [0.1, 0.15) is 0 Å². The Bertz CT molecular complexity index is 643. The zero-order valence-electron chi connectivity index (χ0n) is 15.3. The fraction of sp³-hybridized carbons (Fsp3) is 0.706. The van der Waals surface area contributed by atoms with E-state index in [0.717, 1.165) is 43.6 Å². The lowest BCUT2D eigenvalue weighted by atomic mass is 10.1. The Balaban J connectivity index is 1.55. The molecule has 8 nitrogen and oxygen atoms in total. The second-order valence-corrected chi connectivity index (χ2v) is 7.15. The smallest absolute Gasteiger partial charge is 0.272 e. The van der Waals surface area contributed by atoms with Crippen LogP contribution in [0.4, 0.5) is 0 Å². The van der Waals surface area contributed by atoms with Crippen LogP contribution in [0.1, 0.15) is 41.0 Å². The van der Waals surface area contributed by atoms with Crippen LogP contribution in [0.15, 0.2) is 0 Å². The lowest BCUT2D eigenvalue weighted by Gasteiger charge is -2.25. The molecule has 2 atom stereocenters. The Morgan fingerprint density at radius 3 is 2.80 bits per heavy atom. The van der Waals surface area contributed by atoms with Crippen LogP contribution in [0.2, 0.25) is 0 Å². The van der Waals surface area contributed by atoms with E-state index in [1.165, 1.54) is 0 Å². The summed E-state index contributed by atoms with van der Waals surface area (Å²) in [4.78, 5) is 28.5. The van der Waals surface area contributed by atoms with E-state index in [0.29, 0.717) is 18.7 Å². The summed E-state index contributed by atoms with van der Waals surface area (Å²) in [6, 6.07) is 0.504. The molecule has 0 spiro atoms. The van der Waals surface area contributed by atoms with E-state index in [4.69, 9.17) is 0 Å². The monoisotopic (exact) mass is 348 g/mol. The molecule has 138 valence electrons.